The molecule has 4 amide bonds. The molecule has 0 aromatic heterocycles. The summed E-state index contributed by atoms with van der Waals surface area (Å²) in [4.78, 5) is 40.5. The van der Waals surface area contributed by atoms with Crippen LogP contribution in [-0.4, -0.2) is 23.6 Å². The monoisotopic (exact) mass is 226 g/mol. The van der Waals surface area contributed by atoms with Crippen molar-refractivity contribution in [3.63, 3.8) is 0 Å². The summed E-state index contributed by atoms with van der Waals surface area (Å²) < 4.78 is 0. The van der Waals surface area contributed by atoms with Crippen LogP contribution >= 0.6 is 0 Å². The Morgan fingerprint density at radius 3 is 0.875 bits per heavy atom. The molecule has 0 aromatic carbocycles. The molecule has 0 bridgehead atoms. The fraction of sp³-hybridized carbons (Fsp3) is 0.400. The first kappa shape index (κ1) is 14.0. The lowest BCUT2D eigenvalue weighted by molar-refractivity contribution is -0.126. The summed E-state index contributed by atoms with van der Waals surface area (Å²) in [6, 6.07) is 0. The zero-order valence-electron chi connectivity index (χ0n) is 8.88. The average Bonchev–Trinajstić information content (AvgIpc) is 2.80. The van der Waals surface area contributed by atoms with Gasteiger partial charge >= 0.3 is 0 Å². The fourth-order valence-electron chi connectivity index (χ4n) is 1.02. The summed E-state index contributed by atoms with van der Waals surface area (Å²) in [5.74, 6) is -0.593. The van der Waals surface area contributed by atoms with Gasteiger partial charge < -0.3 is 0 Å². The minimum Gasteiger partial charge on any atom is -0.296 e. The number of imide groups is 2. The lowest BCUT2D eigenvalue weighted by Gasteiger charge is -1.79. The minimum absolute atomic E-state index is 0.148. The Morgan fingerprint density at radius 2 is 0.812 bits per heavy atom. The number of carbonyl (C=O) groups excluding carboxylic acids is 4. The maximum Gasteiger partial charge on any atom is 0.227 e. The van der Waals surface area contributed by atoms with E-state index in [0.29, 0.717) is 25.7 Å². The zero-order chi connectivity index (χ0) is 12.6. The van der Waals surface area contributed by atoms with Crippen LogP contribution in [-0.2, 0) is 19.2 Å². The van der Waals surface area contributed by atoms with Gasteiger partial charge in [0.05, 0.1) is 0 Å². The maximum atomic E-state index is 10.1. The van der Waals surface area contributed by atoms with Crippen LogP contribution in [0.5, 0.6) is 0 Å². The number of nitrogens with one attached hydrogen (secondary N) is 2. The molecule has 0 unspecified atom stereocenters. The molecular formula is C10H14N2O4. The molecular weight excluding hydrogens is 212 g/mol. The van der Waals surface area contributed by atoms with Gasteiger partial charge in [-0.25, -0.2) is 0 Å². The van der Waals surface area contributed by atoms with E-state index in [4.69, 9.17) is 0 Å². The molecule has 0 aromatic rings. The van der Waals surface area contributed by atoms with Crippen LogP contribution < -0.4 is 10.6 Å². The van der Waals surface area contributed by atoms with E-state index >= 15 is 0 Å². The number of hydrogen-bond donors (Lipinski definition) is 2. The van der Waals surface area contributed by atoms with Crippen molar-refractivity contribution in [1.82, 2.24) is 10.6 Å². The first-order valence-corrected chi connectivity index (χ1v) is 4.73. The lowest BCUT2D eigenvalue weighted by atomic mass is 10.4. The Bertz CT molecular complexity index is 254. The first-order valence-electron chi connectivity index (χ1n) is 4.73. The molecule has 0 aliphatic carbocycles. The molecule has 16 heavy (non-hydrogen) atoms. The molecule has 0 atom stereocenters. The highest BCUT2D eigenvalue weighted by Crippen LogP contribution is 1.96. The summed E-state index contributed by atoms with van der Waals surface area (Å²) in [7, 11) is 0. The van der Waals surface area contributed by atoms with Crippen molar-refractivity contribution in [3.8, 4) is 0 Å². The lowest BCUT2D eigenvalue weighted by Crippen LogP contribution is -2.18. The van der Waals surface area contributed by atoms with E-state index in [2.05, 4.69) is 23.8 Å². The van der Waals surface area contributed by atoms with Crippen molar-refractivity contribution < 1.29 is 19.2 Å². The van der Waals surface area contributed by atoms with Crippen LogP contribution in [0.4, 0.5) is 0 Å². The number of hydrogen-bond acceptors (Lipinski definition) is 4. The number of rotatable bonds is 0. The van der Waals surface area contributed by atoms with E-state index in [1.165, 1.54) is 0 Å². The zero-order valence-corrected chi connectivity index (χ0v) is 8.88. The summed E-state index contributed by atoms with van der Waals surface area (Å²) >= 11 is 0. The van der Waals surface area contributed by atoms with Crippen LogP contribution in [0, 0.1) is 0 Å². The highest BCUT2D eigenvalue weighted by Gasteiger charge is 2.16. The van der Waals surface area contributed by atoms with Crippen LogP contribution in [0.25, 0.3) is 0 Å². The smallest absolute Gasteiger partial charge is 0.227 e. The van der Waals surface area contributed by atoms with Crippen LogP contribution in [0.3, 0.4) is 0 Å². The molecule has 2 rings (SSSR count). The molecule has 2 aliphatic heterocycles. The third-order valence-electron chi connectivity index (χ3n) is 1.72. The predicted octanol–water partition coefficient (Wildman–Crippen LogP) is -0.352. The molecule has 2 N–H and O–H groups in total. The van der Waals surface area contributed by atoms with Gasteiger partial charge in [0.1, 0.15) is 0 Å². The van der Waals surface area contributed by atoms with Gasteiger partial charge in [-0.3, -0.25) is 29.8 Å². The summed E-state index contributed by atoms with van der Waals surface area (Å²) in [6.07, 6.45) is 1.50. The molecule has 2 saturated heterocycles. The van der Waals surface area contributed by atoms with Gasteiger partial charge in [-0.05, 0) is 0 Å². The largest absolute Gasteiger partial charge is 0.296 e. The highest BCUT2D eigenvalue weighted by molar-refractivity contribution is 6.02. The average molecular weight is 226 g/mol. The molecule has 2 fully saturated rings. The van der Waals surface area contributed by atoms with Gasteiger partial charge in [0, 0.05) is 25.7 Å². The van der Waals surface area contributed by atoms with Crippen LogP contribution in [0.15, 0.2) is 13.2 Å². The van der Waals surface area contributed by atoms with Crippen molar-refractivity contribution in [2.24, 2.45) is 0 Å². The van der Waals surface area contributed by atoms with Gasteiger partial charge in [-0.1, -0.05) is 0 Å². The van der Waals surface area contributed by atoms with Crippen LogP contribution in [0.2, 0.25) is 0 Å². The standard InChI is InChI=1S/2C4H5NO2.C2H4/c2*6-3-1-2-4(7)5-3;1-2/h2*1-2H2,(H,5,6,7);1-2H2. The molecule has 6 heteroatoms. The second-order valence-corrected chi connectivity index (χ2v) is 2.94. The van der Waals surface area contributed by atoms with Crippen molar-refractivity contribution in [3.05, 3.63) is 13.2 Å². The van der Waals surface area contributed by atoms with Crippen LogP contribution in [0.1, 0.15) is 25.7 Å². The Morgan fingerprint density at radius 1 is 0.625 bits per heavy atom. The van der Waals surface area contributed by atoms with E-state index in [9.17, 15) is 19.2 Å². The minimum atomic E-state index is -0.148. The molecule has 0 spiro atoms. The van der Waals surface area contributed by atoms with E-state index in [1.807, 2.05) is 0 Å². The van der Waals surface area contributed by atoms with Gasteiger partial charge in [0.15, 0.2) is 0 Å². The van der Waals surface area contributed by atoms with Gasteiger partial charge in [0.2, 0.25) is 23.6 Å². The molecule has 2 heterocycles. The van der Waals surface area contributed by atoms with Crippen molar-refractivity contribution in [1.29, 1.82) is 0 Å². The molecule has 0 saturated carbocycles. The molecule has 0 radical (unpaired) electrons. The molecule has 88 valence electrons. The van der Waals surface area contributed by atoms with E-state index in [1.54, 1.807) is 0 Å². The quantitative estimate of drug-likeness (QED) is 0.436. The third-order valence-corrected chi connectivity index (χ3v) is 1.72. The highest BCUT2D eigenvalue weighted by atomic mass is 16.2. The summed E-state index contributed by atoms with van der Waals surface area (Å²) in [5.41, 5.74) is 0. The SMILES string of the molecule is C=C.O=C1CCC(=O)N1.O=C1CCC(=O)N1. The predicted molar refractivity (Wildman–Crippen MR) is 56.0 cm³/mol. The van der Waals surface area contributed by atoms with Gasteiger partial charge in [0.25, 0.3) is 0 Å². The normalized spacial score (nSPS) is 17.8. The first-order chi connectivity index (χ1) is 7.58. The van der Waals surface area contributed by atoms with Crippen molar-refractivity contribution in [2.45, 2.75) is 25.7 Å². The molecule has 2 aliphatic rings. The summed E-state index contributed by atoms with van der Waals surface area (Å²) in [5, 5.41) is 4.28. The second kappa shape index (κ2) is 7.33. The Hall–Kier alpha value is -1.98. The Labute approximate surface area is 93.1 Å². The van der Waals surface area contributed by atoms with Crippen molar-refractivity contribution in [2.75, 3.05) is 0 Å². The number of carbonyl (C=O) groups is 4. The van der Waals surface area contributed by atoms with Gasteiger partial charge in [-0.2, -0.15) is 0 Å². The van der Waals surface area contributed by atoms with Gasteiger partial charge in [-0.15, -0.1) is 13.2 Å². The maximum absolute atomic E-state index is 10.1. The molecule has 6 nitrogen and oxygen atoms in total. The second-order valence-electron chi connectivity index (χ2n) is 2.94. The fourth-order valence-corrected chi connectivity index (χ4v) is 1.02. The van der Waals surface area contributed by atoms with E-state index < -0.39 is 0 Å². The Balaban J connectivity index is 0.000000244. The Kier molecular flexibility index (Phi) is 6.42. The van der Waals surface area contributed by atoms with Crippen molar-refractivity contribution >= 4 is 23.6 Å². The van der Waals surface area contributed by atoms with E-state index in [-0.39, 0.29) is 23.6 Å². The number of amides is 4. The summed E-state index contributed by atoms with van der Waals surface area (Å²) in [6.45, 7) is 6.00. The third kappa shape index (κ3) is 5.69. The topological polar surface area (TPSA) is 92.3 Å². The van der Waals surface area contributed by atoms with E-state index in [0.717, 1.165) is 0 Å².